The van der Waals surface area contributed by atoms with Crippen LogP contribution in [0.4, 0.5) is 43.9 Å². The maximum atomic E-state index is 14.0. The number of halogens is 10. The molecule has 2 bridgehead atoms. The molecule has 4 atom stereocenters. The van der Waals surface area contributed by atoms with E-state index in [1.54, 1.807) is 0 Å². The molecule has 0 heterocycles. The molecule has 0 N–H and O–H groups in total. The summed E-state index contributed by atoms with van der Waals surface area (Å²) < 4.78 is 128. The molecule has 21 heavy (non-hydrogen) atoms. The van der Waals surface area contributed by atoms with Gasteiger partial charge in [0.2, 0.25) is 0 Å². The first-order valence-electron chi connectivity index (χ1n) is 5.78. The van der Waals surface area contributed by atoms with Gasteiger partial charge >= 0.3 is 24.2 Å². The van der Waals surface area contributed by atoms with E-state index in [1.165, 1.54) is 0 Å². The van der Waals surface area contributed by atoms with Gasteiger partial charge in [-0.3, -0.25) is 0 Å². The molecule has 0 aromatic heterocycles. The SMILES string of the molecule is FC(F)(F)C1C2C=CC(C2)C1C(F)(C(F)(F)F)C(F)(F)F. The Balaban J connectivity index is 2.57. The van der Waals surface area contributed by atoms with Crippen molar-refractivity contribution < 1.29 is 43.9 Å². The fraction of sp³-hybridized carbons (Fsp3) is 0.818. The molecular weight excluding hydrogens is 322 g/mol. The van der Waals surface area contributed by atoms with E-state index in [9.17, 15) is 43.9 Å². The lowest BCUT2D eigenvalue weighted by Gasteiger charge is -2.41. The third kappa shape index (κ3) is 2.21. The van der Waals surface area contributed by atoms with Crippen molar-refractivity contribution in [3.05, 3.63) is 12.2 Å². The van der Waals surface area contributed by atoms with Crippen molar-refractivity contribution in [2.75, 3.05) is 0 Å². The second-order valence-electron chi connectivity index (χ2n) is 5.25. The van der Waals surface area contributed by atoms with Crippen LogP contribution in [0.15, 0.2) is 12.2 Å². The Kier molecular flexibility index (Phi) is 3.35. The molecule has 0 nitrogen and oxygen atoms in total. The van der Waals surface area contributed by atoms with E-state index < -0.39 is 54.3 Å². The van der Waals surface area contributed by atoms with E-state index in [4.69, 9.17) is 0 Å². The molecule has 0 aliphatic heterocycles. The first kappa shape index (κ1) is 16.4. The van der Waals surface area contributed by atoms with Crippen molar-refractivity contribution in [2.45, 2.75) is 30.6 Å². The zero-order valence-electron chi connectivity index (χ0n) is 9.95. The Morgan fingerprint density at radius 2 is 1.00 bits per heavy atom. The van der Waals surface area contributed by atoms with Gasteiger partial charge in [-0.2, -0.15) is 39.5 Å². The summed E-state index contributed by atoms with van der Waals surface area (Å²) in [5.74, 6) is -9.54. The van der Waals surface area contributed by atoms with Gasteiger partial charge in [0.25, 0.3) is 0 Å². The predicted octanol–water partition coefficient (Wildman–Crippen LogP) is 4.82. The molecule has 2 aliphatic carbocycles. The second kappa shape index (κ2) is 4.28. The fourth-order valence-electron chi connectivity index (χ4n) is 3.35. The molecule has 0 aromatic rings. The third-order valence-electron chi connectivity index (χ3n) is 4.12. The molecule has 0 radical (unpaired) electrons. The summed E-state index contributed by atoms with van der Waals surface area (Å²) in [7, 11) is 0. The Morgan fingerprint density at radius 3 is 1.33 bits per heavy atom. The Labute approximate surface area is 111 Å². The van der Waals surface area contributed by atoms with Crippen LogP contribution in [0.25, 0.3) is 0 Å². The maximum Gasteiger partial charge on any atom is 0.431 e. The molecule has 0 amide bonds. The van der Waals surface area contributed by atoms with Crippen molar-refractivity contribution in [2.24, 2.45) is 23.7 Å². The first-order chi connectivity index (χ1) is 9.21. The first-order valence-corrected chi connectivity index (χ1v) is 5.78. The molecular formula is C11H8F10. The van der Waals surface area contributed by atoms with Gasteiger partial charge in [0, 0.05) is 5.92 Å². The molecule has 4 unspecified atom stereocenters. The van der Waals surface area contributed by atoms with Crippen LogP contribution in [0.5, 0.6) is 0 Å². The van der Waals surface area contributed by atoms with Gasteiger partial charge in [-0.1, -0.05) is 12.2 Å². The van der Waals surface area contributed by atoms with Crippen LogP contribution in [0.2, 0.25) is 0 Å². The lowest BCUT2D eigenvalue weighted by molar-refractivity contribution is -0.372. The average Bonchev–Trinajstić information content (AvgIpc) is 2.82. The van der Waals surface area contributed by atoms with E-state index in [2.05, 4.69) is 0 Å². The number of rotatable bonds is 1. The van der Waals surface area contributed by atoms with E-state index >= 15 is 0 Å². The minimum atomic E-state index is -6.47. The minimum absolute atomic E-state index is 0.563. The Morgan fingerprint density at radius 1 is 0.619 bits per heavy atom. The molecule has 1 saturated carbocycles. The molecule has 0 saturated heterocycles. The summed E-state index contributed by atoms with van der Waals surface area (Å²) in [6.07, 6.45) is -17.1. The van der Waals surface area contributed by atoms with Crippen molar-refractivity contribution in [3.63, 3.8) is 0 Å². The van der Waals surface area contributed by atoms with Gasteiger partial charge in [0.05, 0.1) is 5.92 Å². The van der Waals surface area contributed by atoms with Crippen LogP contribution in [-0.4, -0.2) is 24.2 Å². The molecule has 122 valence electrons. The smallest absolute Gasteiger partial charge is 0.223 e. The highest BCUT2D eigenvalue weighted by Gasteiger charge is 2.81. The fourth-order valence-corrected chi connectivity index (χ4v) is 3.35. The van der Waals surface area contributed by atoms with Gasteiger partial charge < -0.3 is 0 Å². The van der Waals surface area contributed by atoms with Crippen molar-refractivity contribution in [1.82, 2.24) is 0 Å². The largest absolute Gasteiger partial charge is 0.431 e. The number of hydrogen-bond acceptors (Lipinski definition) is 0. The van der Waals surface area contributed by atoms with Crippen molar-refractivity contribution >= 4 is 0 Å². The highest BCUT2D eigenvalue weighted by atomic mass is 19.4. The van der Waals surface area contributed by atoms with Gasteiger partial charge in [0.1, 0.15) is 0 Å². The number of alkyl halides is 10. The summed E-state index contributed by atoms with van der Waals surface area (Å²) in [5.41, 5.74) is -5.88. The summed E-state index contributed by atoms with van der Waals surface area (Å²) in [6.45, 7) is 0. The molecule has 0 aromatic carbocycles. The molecule has 2 aliphatic rings. The van der Waals surface area contributed by atoms with Crippen LogP contribution in [0.3, 0.4) is 0 Å². The topological polar surface area (TPSA) is 0 Å². The quantitative estimate of drug-likeness (QED) is 0.478. The zero-order valence-corrected chi connectivity index (χ0v) is 9.95. The highest BCUT2D eigenvalue weighted by Crippen LogP contribution is 2.64. The lowest BCUT2D eigenvalue weighted by atomic mass is 9.72. The number of hydrogen-bond donors (Lipinski definition) is 0. The standard InChI is InChI=1S/C11H8F10/c12-8(10(16,17)18,11(19,20)21)6-4-1-2-5(3-4)7(6)9(13,14)15/h1-2,4-7H,3H2. The molecule has 10 heteroatoms. The Hall–Kier alpha value is -0.960. The maximum absolute atomic E-state index is 14.0. The number of fused-ring (bicyclic) bond motifs is 2. The number of allylic oxidation sites excluding steroid dienone is 2. The van der Waals surface area contributed by atoms with Crippen LogP contribution in [0.1, 0.15) is 6.42 Å². The summed E-state index contributed by atoms with van der Waals surface area (Å²) >= 11 is 0. The van der Waals surface area contributed by atoms with E-state index in [0.29, 0.717) is 0 Å². The summed E-state index contributed by atoms with van der Waals surface area (Å²) in [4.78, 5) is 0. The second-order valence-corrected chi connectivity index (χ2v) is 5.25. The molecule has 2 rings (SSSR count). The van der Waals surface area contributed by atoms with E-state index in [-0.39, 0.29) is 0 Å². The van der Waals surface area contributed by atoms with Gasteiger partial charge in [0.15, 0.2) is 0 Å². The normalized spacial score (nSPS) is 33.8. The zero-order chi connectivity index (χ0) is 16.4. The van der Waals surface area contributed by atoms with Gasteiger partial charge in [-0.25, -0.2) is 4.39 Å². The monoisotopic (exact) mass is 330 g/mol. The van der Waals surface area contributed by atoms with Crippen molar-refractivity contribution in [3.8, 4) is 0 Å². The summed E-state index contributed by atoms with van der Waals surface area (Å²) in [5, 5.41) is 0. The van der Waals surface area contributed by atoms with Crippen LogP contribution in [-0.2, 0) is 0 Å². The van der Waals surface area contributed by atoms with Gasteiger partial charge in [-0.05, 0) is 18.3 Å². The van der Waals surface area contributed by atoms with Crippen LogP contribution in [0, 0.1) is 23.7 Å². The Bertz CT molecular complexity index is 425. The third-order valence-corrected chi connectivity index (χ3v) is 4.12. The van der Waals surface area contributed by atoms with E-state index in [0.717, 1.165) is 12.2 Å². The van der Waals surface area contributed by atoms with Crippen molar-refractivity contribution in [1.29, 1.82) is 0 Å². The summed E-state index contributed by atoms with van der Waals surface area (Å²) in [6, 6.07) is 0. The van der Waals surface area contributed by atoms with Gasteiger partial charge in [-0.15, -0.1) is 0 Å². The van der Waals surface area contributed by atoms with E-state index in [1.807, 2.05) is 0 Å². The highest BCUT2D eigenvalue weighted by molar-refractivity contribution is 5.21. The van der Waals surface area contributed by atoms with Crippen LogP contribution < -0.4 is 0 Å². The van der Waals surface area contributed by atoms with Crippen LogP contribution >= 0.6 is 0 Å². The average molecular weight is 330 g/mol. The minimum Gasteiger partial charge on any atom is -0.223 e. The molecule has 0 spiro atoms. The molecule has 1 fully saturated rings. The lowest BCUT2D eigenvalue weighted by Crippen LogP contribution is -2.62. The predicted molar refractivity (Wildman–Crippen MR) is 49.7 cm³/mol.